The molecule has 14 heavy (non-hydrogen) atoms. The van der Waals surface area contributed by atoms with Gasteiger partial charge in [-0.1, -0.05) is 0 Å². The molecule has 0 aromatic rings. The van der Waals surface area contributed by atoms with Crippen LogP contribution >= 0.6 is 0 Å². The predicted molar refractivity (Wildman–Crippen MR) is 55.5 cm³/mol. The van der Waals surface area contributed by atoms with E-state index in [0.717, 1.165) is 0 Å². The number of carbonyl (C=O) groups is 2. The molecule has 4 heteroatoms. The number of hydrogen-bond acceptors (Lipinski definition) is 2. The molecule has 2 amide bonds. The van der Waals surface area contributed by atoms with Gasteiger partial charge < -0.3 is 10.6 Å². The summed E-state index contributed by atoms with van der Waals surface area (Å²) >= 11 is 0. The Bertz CT molecular complexity index is 232. The molecular weight excluding hydrogens is 180 g/mol. The smallest absolute Gasteiger partial charge is 0.312 e. The van der Waals surface area contributed by atoms with E-state index in [-0.39, 0.29) is 0 Å². The topological polar surface area (TPSA) is 63.4 Å². The number of hydrogen-bond donors (Lipinski definition) is 1. The second-order valence-corrected chi connectivity index (χ2v) is 5.35. The monoisotopic (exact) mass is 200 g/mol. The second-order valence-electron chi connectivity index (χ2n) is 5.35. The van der Waals surface area contributed by atoms with Gasteiger partial charge in [-0.2, -0.15) is 0 Å². The first-order chi connectivity index (χ1) is 5.98. The lowest BCUT2D eigenvalue weighted by Gasteiger charge is -2.44. The van der Waals surface area contributed by atoms with Crippen molar-refractivity contribution in [1.29, 1.82) is 0 Å². The van der Waals surface area contributed by atoms with Gasteiger partial charge in [-0.15, -0.1) is 0 Å². The van der Waals surface area contributed by atoms with Crippen LogP contribution in [0.4, 0.5) is 0 Å². The Hall–Kier alpha value is -1.06. The molecule has 0 saturated carbocycles. The molecule has 82 valence electrons. The molecule has 0 fully saturated rings. The van der Waals surface area contributed by atoms with Crippen LogP contribution in [0.25, 0.3) is 0 Å². The minimum absolute atomic E-state index is 0.412. The first-order valence-corrected chi connectivity index (χ1v) is 4.62. The van der Waals surface area contributed by atoms with E-state index in [9.17, 15) is 9.59 Å². The number of nitrogens with zero attached hydrogens (tertiary/aromatic N) is 1. The number of nitrogens with two attached hydrogens (primary N) is 1. The van der Waals surface area contributed by atoms with E-state index in [4.69, 9.17) is 5.73 Å². The van der Waals surface area contributed by atoms with Crippen LogP contribution in [-0.4, -0.2) is 27.8 Å². The Balaban J connectivity index is 5.15. The van der Waals surface area contributed by atoms with Crippen molar-refractivity contribution in [1.82, 2.24) is 4.90 Å². The molecule has 0 radical (unpaired) electrons. The predicted octanol–water partition coefficient (Wildman–Crippen LogP) is 0.897. The average molecular weight is 200 g/mol. The van der Waals surface area contributed by atoms with Gasteiger partial charge in [0.2, 0.25) is 0 Å². The summed E-state index contributed by atoms with van der Waals surface area (Å²) in [5, 5.41) is 0. The highest BCUT2D eigenvalue weighted by atomic mass is 16.2. The third-order valence-electron chi connectivity index (χ3n) is 1.76. The third-order valence-corrected chi connectivity index (χ3v) is 1.76. The van der Waals surface area contributed by atoms with E-state index in [0.29, 0.717) is 0 Å². The lowest BCUT2D eigenvalue weighted by Crippen LogP contribution is -2.58. The summed E-state index contributed by atoms with van der Waals surface area (Å²) in [6.07, 6.45) is 0. The van der Waals surface area contributed by atoms with Crippen LogP contribution in [0.15, 0.2) is 0 Å². The van der Waals surface area contributed by atoms with Crippen molar-refractivity contribution < 1.29 is 9.59 Å². The van der Waals surface area contributed by atoms with Crippen LogP contribution in [0.2, 0.25) is 0 Å². The van der Waals surface area contributed by atoms with Gasteiger partial charge in [-0.3, -0.25) is 9.59 Å². The number of amides is 2. The van der Waals surface area contributed by atoms with Gasteiger partial charge in [0, 0.05) is 11.1 Å². The Morgan fingerprint density at radius 1 is 0.929 bits per heavy atom. The molecule has 0 bridgehead atoms. The van der Waals surface area contributed by atoms with Crippen LogP contribution in [-0.2, 0) is 9.59 Å². The van der Waals surface area contributed by atoms with Crippen LogP contribution in [0.5, 0.6) is 0 Å². The molecular formula is C10H20N2O2. The minimum atomic E-state index is -0.908. The molecule has 0 aliphatic carbocycles. The number of primary amides is 1. The Labute approximate surface area is 85.4 Å². The van der Waals surface area contributed by atoms with Gasteiger partial charge in [-0.05, 0) is 41.5 Å². The highest BCUT2D eigenvalue weighted by Crippen LogP contribution is 2.24. The Morgan fingerprint density at radius 3 is 1.29 bits per heavy atom. The Morgan fingerprint density at radius 2 is 1.21 bits per heavy atom. The summed E-state index contributed by atoms with van der Waals surface area (Å²) in [6.45, 7) is 11.2. The van der Waals surface area contributed by atoms with Crippen LogP contribution in [0.3, 0.4) is 0 Å². The normalized spacial score (nSPS) is 12.4. The van der Waals surface area contributed by atoms with Gasteiger partial charge in [0.05, 0.1) is 0 Å². The van der Waals surface area contributed by atoms with Gasteiger partial charge in [0.15, 0.2) is 0 Å². The van der Waals surface area contributed by atoms with Crippen molar-refractivity contribution in [2.45, 2.75) is 52.6 Å². The highest BCUT2D eigenvalue weighted by molar-refractivity contribution is 6.34. The maximum atomic E-state index is 11.6. The van der Waals surface area contributed by atoms with Crippen molar-refractivity contribution in [2.75, 3.05) is 0 Å². The van der Waals surface area contributed by atoms with E-state index >= 15 is 0 Å². The zero-order valence-corrected chi connectivity index (χ0v) is 9.84. The van der Waals surface area contributed by atoms with Crippen molar-refractivity contribution in [3.63, 3.8) is 0 Å². The maximum Gasteiger partial charge on any atom is 0.312 e. The van der Waals surface area contributed by atoms with Gasteiger partial charge in [0.1, 0.15) is 0 Å². The SMILES string of the molecule is CC(C)(C)N(C(=O)C(N)=O)C(C)(C)C. The summed E-state index contributed by atoms with van der Waals surface area (Å²) in [4.78, 5) is 24.0. The Kier molecular flexibility index (Phi) is 3.32. The zero-order valence-electron chi connectivity index (χ0n) is 9.84. The molecule has 2 N–H and O–H groups in total. The lowest BCUT2D eigenvalue weighted by atomic mass is 9.96. The summed E-state index contributed by atoms with van der Waals surface area (Å²) in [7, 11) is 0. The number of carbonyl (C=O) groups excluding carboxylic acids is 2. The summed E-state index contributed by atoms with van der Waals surface area (Å²) < 4.78 is 0. The van der Waals surface area contributed by atoms with Crippen molar-refractivity contribution in [3.8, 4) is 0 Å². The van der Waals surface area contributed by atoms with Crippen LogP contribution < -0.4 is 5.73 Å². The molecule has 0 saturated heterocycles. The minimum Gasteiger partial charge on any atom is -0.361 e. The quantitative estimate of drug-likeness (QED) is 0.590. The van der Waals surface area contributed by atoms with Gasteiger partial charge in [-0.25, -0.2) is 0 Å². The molecule has 0 heterocycles. The lowest BCUT2D eigenvalue weighted by molar-refractivity contribution is -0.152. The molecule has 0 aliphatic rings. The first kappa shape index (κ1) is 12.9. The van der Waals surface area contributed by atoms with E-state index in [1.54, 1.807) is 0 Å². The molecule has 0 atom stereocenters. The van der Waals surface area contributed by atoms with E-state index in [2.05, 4.69) is 0 Å². The first-order valence-electron chi connectivity index (χ1n) is 4.62. The molecule has 4 nitrogen and oxygen atoms in total. The molecule has 0 rings (SSSR count). The largest absolute Gasteiger partial charge is 0.361 e. The summed E-state index contributed by atoms with van der Waals surface area (Å²) in [5.74, 6) is -1.54. The van der Waals surface area contributed by atoms with Crippen LogP contribution in [0.1, 0.15) is 41.5 Å². The molecule has 0 aromatic carbocycles. The molecule has 0 aliphatic heterocycles. The van der Waals surface area contributed by atoms with E-state index < -0.39 is 22.9 Å². The number of rotatable bonds is 0. The summed E-state index contributed by atoms with van der Waals surface area (Å²) in [5.41, 5.74) is 4.18. The fraction of sp³-hybridized carbons (Fsp3) is 0.800. The van der Waals surface area contributed by atoms with E-state index in [1.807, 2.05) is 41.5 Å². The van der Waals surface area contributed by atoms with E-state index in [1.165, 1.54) is 4.90 Å². The van der Waals surface area contributed by atoms with Gasteiger partial charge >= 0.3 is 11.8 Å². The highest BCUT2D eigenvalue weighted by Gasteiger charge is 2.37. The molecule has 0 aromatic heterocycles. The van der Waals surface area contributed by atoms with Crippen molar-refractivity contribution >= 4 is 11.8 Å². The fourth-order valence-electron chi connectivity index (χ4n) is 1.73. The third kappa shape index (κ3) is 3.01. The maximum absolute atomic E-state index is 11.6. The van der Waals surface area contributed by atoms with Crippen molar-refractivity contribution in [3.05, 3.63) is 0 Å². The molecule has 0 spiro atoms. The van der Waals surface area contributed by atoms with Gasteiger partial charge in [0.25, 0.3) is 0 Å². The fourth-order valence-corrected chi connectivity index (χ4v) is 1.73. The van der Waals surface area contributed by atoms with Crippen LogP contribution in [0, 0.1) is 0 Å². The second kappa shape index (κ2) is 3.59. The summed E-state index contributed by atoms with van der Waals surface area (Å²) in [6, 6.07) is 0. The zero-order chi connectivity index (χ0) is 11.7. The standard InChI is InChI=1S/C10H20N2O2/c1-9(2,3)12(10(4,5)6)8(14)7(11)13/h1-6H3,(H2,11,13). The average Bonchev–Trinajstić information content (AvgIpc) is 1.79. The molecule has 0 unspecified atom stereocenters. The van der Waals surface area contributed by atoms with Crippen molar-refractivity contribution in [2.24, 2.45) is 5.73 Å².